The van der Waals surface area contributed by atoms with Gasteiger partial charge in [0, 0.05) is 6.07 Å². The van der Waals surface area contributed by atoms with Crippen molar-refractivity contribution in [2.24, 2.45) is 0 Å². The minimum atomic E-state index is -0.405. The number of aromatic amines is 2. The molecule has 0 spiro atoms. The van der Waals surface area contributed by atoms with Crippen LogP contribution in [0.25, 0.3) is 0 Å². The second-order valence-electron chi connectivity index (χ2n) is 2.18. The van der Waals surface area contributed by atoms with Gasteiger partial charge < -0.3 is 10.3 Å². The SMILES string of the molecule is O=C(CCl)Nc1cc(=O)[nH]c(=S)[nH]1. The molecule has 1 rings (SSSR count). The van der Waals surface area contributed by atoms with Crippen molar-refractivity contribution in [1.29, 1.82) is 0 Å². The predicted octanol–water partition coefficient (Wildman–Crippen LogP) is 0.610. The third-order valence-electron chi connectivity index (χ3n) is 1.16. The van der Waals surface area contributed by atoms with Gasteiger partial charge in [0.05, 0.1) is 0 Å². The third kappa shape index (κ3) is 3.00. The highest BCUT2D eigenvalue weighted by molar-refractivity contribution is 7.71. The molecule has 0 atom stereocenters. The molecule has 13 heavy (non-hydrogen) atoms. The maximum absolute atomic E-state index is 10.9. The molecule has 0 radical (unpaired) electrons. The summed E-state index contributed by atoms with van der Waals surface area (Å²) in [4.78, 5) is 26.6. The summed E-state index contributed by atoms with van der Waals surface area (Å²) in [5, 5.41) is 2.36. The molecule has 0 aliphatic carbocycles. The van der Waals surface area contributed by atoms with Gasteiger partial charge in [0.15, 0.2) is 4.77 Å². The van der Waals surface area contributed by atoms with E-state index in [1.807, 2.05) is 0 Å². The standard InChI is InChI=1S/C6H6ClN3O2S/c7-2-5(12)8-3-1-4(11)10-6(13)9-3/h1H,2H2,(H3,8,9,10,11,12,13). The molecule has 0 saturated carbocycles. The number of amides is 1. The second kappa shape index (κ2) is 4.20. The topological polar surface area (TPSA) is 77.8 Å². The lowest BCUT2D eigenvalue weighted by molar-refractivity contribution is -0.113. The largest absolute Gasteiger partial charge is 0.318 e. The molecule has 5 nitrogen and oxygen atoms in total. The molecule has 3 N–H and O–H groups in total. The number of alkyl halides is 1. The van der Waals surface area contributed by atoms with Crippen LogP contribution in [-0.4, -0.2) is 21.8 Å². The number of carbonyl (C=O) groups is 1. The number of aromatic nitrogens is 2. The molecular formula is C6H6ClN3O2S. The third-order valence-corrected chi connectivity index (χ3v) is 1.60. The molecule has 1 aromatic heterocycles. The lowest BCUT2D eigenvalue weighted by Gasteiger charge is -2.00. The van der Waals surface area contributed by atoms with E-state index >= 15 is 0 Å². The minimum Gasteiger partial charge on any atom is -0.318 e. The molecule has 1 amide bonds. The zero-order valence-corrected chi connectivity index (χ0v) is 7.96. The Kier molecular flexibility index (Phi) is 3.21. The number of halogens is 1. The van der Waals surface area contributed by atoms with E-state index in [0.29, 0.717) is 0 Å². The van der Waals surface area contributed by atoms with Crippen LogP contribution in [0.3, 0.4) is 0 Å². The van der Waals surface area contributed by atoms with Gasteiger partial charge in [0.1, 0.15) is 11.7 Å². The fraction of sp³-hybridized carbons (Fsp3) is 0.167. The molecule has 0 fully saturated rings. The Balaban J connectivity index is 2.96. The van der Waals surface area contributed by atoms with Crippen molar-refractivity contribution in [3.63, 3.8) is 0 Å². The molecule has 1 aromatic rings. The normalized spacial score (nSPS) is 9.62. The highest BCUT2D eigenvalue weighted by atomic mass is 35.5. The molecule has 0 unspecified atom stereocenters. The van der Waals surface area contributed by atoms with Gasteiger partial charge in [-0.3, -0.25) is 14.6 Å². The van der Waals surface area contributed by atoms with E-state index in [1.54, 1.807) is 0 Å². The minimum absolute atomic E-state index is 0.150. The van der Waals surface area contributed by atoms with E-state index in [0.717, 1.165) is 0 Å². The average molecular weight is 220 g/mol. The first kappa shape index (κ1) is 9.94. The van der Waals surface area contributed by atoms with E-state index in [9.17, 15) is 9.59 Å². The van der Waals surface area contributed by atoms with Crippen molar-refractivity contribution in [2.45, 2.75) is 0 Å². The van der Waals surface area contributed by atoms with Gasteiger partial charge in [-0.25, -0.2) is 0 Å². The first-order valence-electron chi connectivity index (χ1n) is 3.31. The summed E-state index contributed by atoms with van der Waals surface area (Å²) >= 11 is 9.92. The zero-order chi connectivity index (χ0) is 9.84. The summed E-state index contributed by atoms with van der Waals surface area (Å²) in [6, 6.07) is 1.18. The summed E-state index contributed by atoms with van der Waals surface area (Å²) < 4.78 is 0.150. The highest BCUT2D eigenvalue weighted by Gasteiger charge is 2.00. The summed E-state index contributed by atoms with van der Waals surface area (Å²) in [7, 11) is 0. The average Bonchev–Trinajstić information content (AvgIpc) is 2.02. The van der Waals surface area contributed by atoms with Crippen LogP contribution in [0.5, 0.6) is 0 Å². The molecule has 0 saturated heterocycles. The van der Waals surface area contributed by atoms with Crippen molar-refractivity contribution < 1.29 is 4.79 Å². The van der Waals surface area contributed by atoms with E-state index in [4.69, 9.17) is 11.6 Å². The summed E-state index contributed by atoms with van der Waals surface area (Å²) in [6.45, 7) is 0. The number of hydrogen-bond donors (Lipinski definition) is 3. The number of nitrogens with one attached hydrogen (secondary N) is 3. The van der Waals surface area contributed by atoms with Gasteiger partial charge in [-0.1, -0.05) is 0 Å². The Morgan fingerprint density at radius 3 is 2.85 bits per heavy atom. The van der Waals surface area contributed by atoms with Gasteiger partial charge in [0.2, 0.25) is 5.91 Å². The first-order valence-corrected chi connectivity index (χ1v) is 4.25. The van der Waals surface area contributed by atoms with Gasteiger partial charge in [0.25, 0.3) is 5.56 Å². The summed E-state index contributed by atoms with van der Waals surface area (Å²) in [5.74, 6) is -0.342. The van der Waals surface area contributed by atoms with Crippen LogP contribution in [0.2, 0.25) is 0 Å². The molecule has 0 aliphatic rings. The van der Waals surface area contributed by atoms with Gasteiger partial charge in [-0.05, 0) is 12.2 Å². The molecule has 7 heteroatoms. The maximum atomic E-state index is 10.9. The number of carbonyl (C=O) groups excluding carboxylic acids is 1. The monoisotopic (exact) mass is 219 g/mol. The van der Waals surface area contributed by atoms with Crippen LogP contribution in [0, 0.1) is 4.77 Å². The zero-order valence-electron chi connectivity index (χ0n) is 6.39. The van der Waals surface area contributed by atoms with E-state index in [-0.39, 0.29) is 22.0 Å². The van der Waals surface area contributed by atoms with Crippen LogP contribution < -0.4 is 10.9 Å². The number of rotatable bonds is 2. The van der Waals surface area contributed by atoms with Gasteiger partial charge in [-0.2, -0.15) is 0 Å². The lowest BCUT2D eigenvalue weighted by atomic mass is 10.5. The van der Waals surface area contributed by atoms with Crippen LogP contribution in [0.4, 0.5) is 5.82 Å². The fourth-order valence-electron chi connectivity index (χ4n) is 0.720. The van der Waals surface area contributed by atoms with Gasteiger partial charge >= 0.3 is 0 Å². The van der Waals surface area contributed by atoms with Crippen LogP contribution in [0.1, 0.15) is 0 Å². The van der Waals surface area contributed by atoms with Crippen LogP contribution in [0.15, 0.2) is 10.9 Å². The molecule has 0 aliphatic heterocycles. The summed E-state index contributed by atoms with van der Waals surface area (Å²) in [6.07, 6.45) is 0. The van der Waals surface area contributed by atoms with Crippen LogP contribution in [-0.2, 0) is 4.79 Å². The fourth-order valence-corrected chi connectivity index (χ4v) is 0.997. The Morgan fingerprint density at radius 2 is 2.31 bits per heavy atom. The smallest absolute Gasteiger partial charge is 0.253 e. The van der Waals surface area contributed by atoms with Crippen LogP contribution >= 0.6 is 23.8 Å². The van der Waals surface area contributed by atoms with E-state index in [1.165, 1.54) is 6.07 Å². The van der Waals surface area contributed by atoms with Crippen molar-refractivity contribution in [2.75, 3.05) is 11.2 Å². The van der Waals surface area contributed by atoms with E-state index < -0.39 is 5.91 Å². The van der Waals surface area contributed by atoms with Crippen molar-refractivity contribution in [3.8, 4) is 0 Å². The number of anilines is 1. The highest BCUT2D eigenvalue weighted by Crippen LogP contribution is 1.96. The van der Waals surface area contributed by atoms with Gasteiger partial charge in [-0.15, -0.1) is 11.6 Å². The Morgan fingerprint density at radius 1 is 1.62 bits per heavy atom. The molecular weight excluding hydrogens is 214 g/mol. The Labute approximate surface area is 83.1 Å². The maximum Gasteiger partial charge on any atom is 0.253 e. The molecule has 1 heterocycles. The van der Waals surface area contributed by atoms with E-state index in [2.05, 4.69) is 27.5 Å². The van der Waals surface area contributed by atoms with Crippen molar-refractivity contribution >= 4 is 35.5 Å². The molecule has 0 aromatic carbocycles. The lowest BCUT2D eigenvalue weighted by Crippen LogP contribution is -2.16. The van der Waals surface area contributed by atoms with Crippen molar-refractivity contribution in [3.05, 3.63) is 21.2 Å². The second-order valence-corrected chi connectivity index (χ2v) is 2.86. The first-order chi connectivity index (χ1) is 6.11. The molecule has 70 valence electrons. The Bertz CT molecular complexity index is 396. The number of hydrogen-bond acceptors (Lipinski definition) is 3. The Hall–Kier alpha value is -1.14. The molecule has 0 bridgehead atoms. The van der Waals surface area contributed by atoms with Crippen molar-refractivity contribution in [1.82, 2.24) is 9.97 Å². The predicted molar refractivity (Wildman–Crippen MR) is 51.6 cm³/mol. The quantitative estimate of drug-likeness (QED) is 0.504. The number of H-pyrrole nitrogens is 2. The summed E-state index contributed by atoms with van der Waals surface area (Å²) in [5.41, 5.74) is -0.381.